The molecule has 0 spiro atoms. The molecule has 0 aliphatic carbocycles. The molecule has 5 heteroatoms. The van der Waals surface area contributed by atoms with Crippen molar-refractivity contribution in [1.29, 1.82) is 0 Å². The molecule has 18 heavy (non-hydrogen) atoms. The lowest BCUT2D eigenvalue weighted by atomic mass is 9.96. The Kier molecular flexibility index (Phi) is 6.08. The van der Waals surface area contributed by atoms with E-state index in [1.165, 1.54) is 0 Å². The Labute approximate surface area is 112 Å². The quantitative estimate of drug-likeness (QED) is 0.803. The minimum absolute atomic E-state index is 0.185. The van der Waals surface area contributed by atoms with Gasteiger partial charge >= 0.3 is 0 Å². The highest BCUT2D eigenvalue weighted by Crippen LogP contribution is 2.18. The van der Waals surface area contributed by atoms with Crippen molar-refractivity contribution in [3.05, 3.63) is 0 Å². The van der Waals surface area contributed by atoms with Crippen molar-refractivity contribution in [2.24, 2.45) is 11.8 Å². The van der Waals surface area contributed by atoms with Crippen LogP contribution in [0.1, 0.15) is 40.5 Å². The number of nitrogens with zero attached hydrogens (tertiary/aromatic N) is 1. The van der Waals surface area contributed by atoms with E-state index >= 15 is 0 Å². The lowest BCUT2D eigenvalue weighted by Gasteiger charge is -2.34. The normalized spacial score (nSPS) is 19.9. The summed E-state index contributed by atoms with van der Waals surface area (Å²) in [6, 6.07) is 0.601. The van der Waals surface area contributed by atoms with Gasteiger partial charge in [0.05, 0.1) is 5.75 Å². The zero-order valence-corrected chi connectivity index (χ0v) is 13.0. The topological polar surface area (TPSA) is 49.4 Å². The van der Waals surface area contributed by atoms with Crippen molar-refractivity contribution >= 4 is 10.0 Å². The Bertz CT molecular complexity index is 331. The van der Waals surface area contributed by atoms with Crippen molar-refractivity contribution in [3.8, 4) is 0 Å². The van der Waals surface area contributed by atoms with Crippen LogP contribution in [0, 0.1) is 11.8 Å². The molecule has 1 aliphatic rings. The molecule has 1 rings (SSSR count). The van der Waals surface area contributed by atoms with E-state index in [2.05, 4.69) is 23.5 Å². The molecule has 0 radical (unpaired) electrons. The molecule has 1 saturated heterocycles. The predicted molar refractivity (Wildman–Crippen MR) is 76.1 cm³/mol. The molecule has 0 saturated carbocycles. The smallest absolute Gasteiger partial charge is 0.211 e. The van der Waals surface area contributed by atoms with Crippen LogP contribution in [0.4, 0.5) is 0 Å². The summed E-state index contributed by atoms with van der Waals surface area (Å²) in [7, 11) is -3.07. The molecule has 1 N–H and O–H groups in total. The maximum Gasteiger partial charge on any atom is 0.211 e. The van der Waals surface area contributed by atoms with Gasteiger partial charge in [0, 0.05) is 12.6 Å². The average Bonchev–Trinajstić information content (AvgIpc) is 2.25. The molecule has 0 aromatic rings. The predicted octanol–water partition coefficient (Wildman–Crippen LogP) is 1.68. The number of sulfonamides is 1. The van der Waals surface area contributed by atoms with Gasteiger partial charge in [-0.2, -0.15) is 0 Å². The van der Waals surface area contributed by atoms with Crippen LogP contribution in [-0.2, 0) is 10.0 Å². The van der Waals surface area contributed by atoms with E-state index in [0.717, 1.165) is 25.9 Å². The van der Waals surface area contributed by atoms with E-state index in [1.807, 2.05) is 13.8 Å². The summed E-state index contributed by atoms with van der Waals surface area (Å²) in [6.45, 7) is 11.1. The molecule has 1 aliphatic heterocycles. The van der Waals surface area contributed by atoms with E-state index in [1.54, 1.807) is 0 Å². The molecule has 1 fully saturated rings. The van der Waals surface area contributed by atoms with Crippen LogP contribution in [-0.4, -0.2) is 44.7 Å². The summed E-state index contributed by atoms with van der Waals surface area (Å²) in [6.07, 6.45) is 2.20. The first kappa shape index (κ1) is 15.9. The maximum atomic E-state index is 11.7. The Morgan fingerprint density at radius 2 is 1.72 bits per heavy atom. The van der Waals surface area contributed by atoms with Gasteiger partial charge in [-0.15, -0.1) is 0 Å². The lowest BCUT2D eigenvalue weighted by Crippen LogP contribution is -2.42. The minimum Gasteiger partial charge on any atom is -0.301 e. The fourth-order valence-electron chi connectivity index (χ4n) is 2.42. The van der Waals surface area contributed by atoms with Crippen LogP contribution in [0.25, 0.3) is 0 Å². The Balaban J connectivity index is 2.30. The molecule has 0 amide bonds. The van der Waals surface area contributed by atoms with Gasteiger partial charge in [0.25, 0.3) is 0 Å². The molecule has 0 bridgehead atoms. The van der Waals surface area contributed by atoms with Crippen LogP contribution in [0.5, 0.6) is 0 Å². The highest BCUT2D eigenvalue weighted by Gasteiger charge is 2.22. The summed E-state index contributed by atoms with van der Waals surface area (Å²) < 4.78 is 26.2. The van der Waals surface area contributed by atoms with Gasteiger partial charge in [-0.05, 0) is 51.6 Å². The van der Waals surface area contributed by atoms with Crippen molar-refractivity contribution in [1.82, 2.24) is 9.62 Å². The van der Waals surface area contributed by atoms with Crippen molar-refractivity contribution < 1.29 is 8.42 Å². The monoisotopic (exact) mass is 276 g/mol. The van der Waals surface area contributed by atoms with Gasteiger partial charge in [0.2, 0.25) is 10.0 Å². The van der Waals surface area contributed by atoms with Gasteiger partial charge in [-0.25, -0.2) is 13.1 Å². The van der Waals surface area contributed by atoms with Crippen LogP contribution < -0.4 is 4.72 Å². The number of hydrogen-bond acceptors (Lipinski definition) is 3. The molecule has 0 aromatic heterocycles. The van der Waals surface area contributed by atoms with Gasteiger partial charge in [-0.3, -0.25) is 0 Å². The Morgan fingerprint density at radius 1 is 1.17 bits per heavy atom. The van der Waals surface area contributed by atoms with E-state index in [-0.39, 0.29) is 11.7 Å². The number of likely N-dealkylation sites (tertiary alicyclic amines) is 1. The van der Waals surface area contributed by atoms with E-state index in [4.69, 9.17) is 0 Å². The minimum atomic E-state index is -3.07. The first-order chi connectivity index (χ1) is 8.30. The maximum absolute atomic E-state index is 11.7. The highest BCUT2D eigenvalue weighted by atomic mass is 32.2. The van der Waals surface area contributed by atoms with Crippen LogP contribution in [0.3, 0.4) is 0 Å². The largest absolute Gasteiger partial charge is 0.301 e. The molecule has 108 valence electrons. The number of piperidine rings is 1. The van der Waals surface area contributed by atoms with Crippen molar-refractivity contribution in [2.75, 3.05) is 25.4 Å². The van der Waals surface area contributed by atoms with E-state index in [9.17, 15) is 8.42 Å². The van der Waals surface area contributed by atoms with Crippen molar-refractivity contribution in [2.45, 2.75) is 46.6 Å². The molecular weight excluding hydrogens is 248 g/mol. The number of nitrogens with one attached hydrogen (secondary N) is 1. The fourth-order valence-corrected chi connectivity index (χ4v) is 3.90. The molecule has 4 nitrogen and oxygen atoms in total. The second-order valence-electron chi connectivity index (χ2n) is 6.10. The van der Waals surface area contributed by atoms with Crippen LogP contribution in [0.2, 0.25) is 0 Å². The first-order valence-electron chi connectivity index (χ1n) is 7.01. The number of rotatable bonds is 6. The summed E-state index contributed by atoms with van der Waals surface area (Å²) in [4.78, 5) is 2.46. The molecule has 0 aromatic carbocycles. The van der Waals surface area contributed by atoms with E-state index in [0.29, 0.717) is 18.5 Å². The summed E-state index contributed by atoms with van der Waals surface area (Å²) in [5.41, 5.74) is 0. The highest BCUT2D eigenvalue weighted by molar-refractivity contribution is 7.89. The summed E-state index contributed by atoms with van der Waals surface area (Å²) in [5, 5.41) is 0. The fraction of sp³-hybridized carbons (Fsp3) is 1.00. The Morgan fingerprint density at radius 3 is 2.17 bits per heavy atom. The first-order valence-corrected chi connectivity index (χ1v) is 8.66. The molecular formula is C13H28N2O2S. The van der Waals surface area contributed by atoms with Gasteiger partial charge in [0.15, 0.2) is 0 Å². The third-order valence-corrected chi connectivity index (χ3v) is 5.24. The van der Waals surface area contributed by atoms with Gasteiger partial charge in [0.1, 0.15) is 0 Å². The summed E-state index contributed by atoms with van der Waals surface area (Å²) >= 11 is 0. The second kappa shape index (κ2) is 6.87. The van der Waals surface area contributed by atoms with Gasteiger partial charge < -0.3 is 4.90 Å². The third-order valence-electron chi connectivity index (χ3n) is 3.52. The average molecular weight is 276 g/mol. The van der Waals surface area contributed by atoms with Crippen LogP contribution in [0.15, 0.2) is 0 Å². The van der Waals surface area contributed by atoms with Gasteiger partial charge in [-0.1, -0.05) is 13.8 Å². The molecule has 1 heterocycles. The second-order valence-corrected chi connectivity index (χ2v) is 7.95. The molecule has 0 unspecified atom stereocenters. The third kappa shape index (κ3) is 5.67. The zero-order valence-electron chi connectivity index (χ0n) is 12.1. The summed E-state index contributed by atoms with van der Waals surface area (Å²) in [5.74, 6) is 0.921. The van der Waals surface area contributed by atoms with E-state index < -0.39 is 10.0 Å². The zero-order chi connectivity index (χ0) is 13.8. The number of hydrogen-bond donors (Lipinski definition) is 1. The SMILES string of the molecule is CC(C)CS(=O)(=O)NCC1CCN(C(C)C)CC1. The standard InChI is InChI=1S/C13H28N2O2S/c1-11(2)10-18(16,17)14-9-13-5-7-15(8-6-13)12(3)4/h11-14H,5-10H2,1-4H3. The van der Waals surface area contributed by atoms with Crippen LogP contribution >= 0.6 is 0 Å². The molecule has 0 atom stereocenters. The van der Waals surface area contributed by atoms with Crippen molar-refractivity contribution in [3.63, 3.8) is 0 Å². The Hall–Kier alpha value is -0.130. The lowest BCUT2D eigenvalue weighted by molar-refractivity contribution is 0.150.